The topological polar surface area (TPSA) is 9.86 Å². The molecule has 2 aliphatic rings. The van der Waals surface area contributed by atoms with E-state index in [1.807, 2.05) is 0 Å². The molecular weight excluding hydrogens is 929 g/mol. The van der Waals surface area contributed by atoms with Crippen LogP contribution in [0.5, 0.6) is 0 Å². The lowest BCUT2D eigenvalue weighted by Gasteiger charge is -2.33. The molecule has 1 atom stereocenters. The summed E-state index contributed by atoms with van der Waals surface area (Å²) in [4.78, 5) is 0. The van der Waals surface area contributed by atoms with Crippen molar-refractivity contribution in [2.45, 2.75) is 51.9 Å². The lowest BCUT2D eigenvalue weighted by atomic mass is 9.70. The molecule has 0 N–H and O–H groups in total. The summed E-state index contributed by atoms with van der Waals surface area (Å²) < 4.78 is 4.75. The fourth-order valence-electron chi connectivity index (χ4n) is 12.3. The van der Waals surface area contributed by atoms with E-state index in [9.17, 15) is 0 Å². The summed E-state index contributed by atoms with van der Waals surface area (Å²) in [6.45, 7) is 21.3. The number of rotatable bonds is 6. The molecule has 0 spiro atoms. The van der Waals surface area contributed by atoms with Crippen LogP contribution in [0.2, 0.25) is 0 Å². The minimum atomic E-state index is -0.212. The van der Waals surface area contributed by atoms with E-state index in [1.165, 1.54) is 122 Å². The number of nitrogens with zero attached hydrogens (tertiary/aromatic N) is 2. The van der Waals surface area contributed by atoms with Crippen LogP contribution in [0.15, 0.2) is 256 Å². The van der Waals surface area contributed by atoms with Gasteiger partial charge in [-0.1, -0.05) is 218 Å². The molecule has 0 radical (unpaired) electrons. The molecule has 0 bridgehead atoms. The highest BCUT2D eigenvalue weighted by atomic mass is 15.0. The molecule has 0 saturated heterocycles. The first-order valence-electron chi connectivity index (χ1n) is 27.2. The molecule has 77 heavy (non-hydrogen) atoms. The molecular formula is C75H62N2. The van der Waals surface area contributed by atoms with Crippen molar-refractivity contribution in [2.75, 3.05) is 0 Å². The van der Waals surface area contributed by atoms with Crippen LogP contribution in [0.25, 0.3) is 99.5 Å². The van der Waals surface area contributed by atoms with Gasteiger partial charge in [-0.25, -0.2) is 0 Å². The van der Waals surface area contributed by atoms with Crippen molar-refractivity contribution in [1.29, 1.82) is 0 Å². The fourth-order valence-corrected chi connectivity index (χ4v) is 12.3. The third-order valence-electron chi connectivity index (χ3n) is 17.1. The van der Waals surface area contributed by atoms with Gasteiger partial charge in [-0.2, -0.15) is 0 Å². The van der Waals surface area contributed by atoms with Crippen LogP contribution in [0.1, 0.15) is 74.4 Å². The molecule has 0 fully saturated rings. The number of hydrogen-bond acceptors (Lipinski definition) is 0. The van der Waals surface area contributed by atoms with Gasteiger partial charge in [0, 0.05) is 32.9 Å². The quantitative estimate of drug-likeness (QED) is 0.157. The molecule has 372 valence electrons. The smallest absolute Gasteiger partial charge is 0.0541 e. The molecule has 2 nitrogen and oxygen atoms in total. The van der Waals surface area contributed by atoms with Gasteiger partial charge < -0.3 is 9.13 Å². The Morgan fingerprint density at radius 3 is 1.40 bits per heavy atom. The number of aromatic nitrogens is 2. The summed E-state index contributed by atoms with van der Waals surface area (Å²) in [5.74, 6) is 0.206. The van der Waals surface area contributed by atoms with Gasteiger partial charge in [-0.3, -0.25) is 0 Å². The lowest BCUT2D eigenvalue weighted by Crippen LogP contribution is -2.26. The van der Waals surface area contributed by atoms with E-state index in [1.54, 1.807) is 0 Å². The second-order valence-electron chi connectivity index (χ2n) is 22.5. The number of fused-ring (bicyclic) bond motifs is 8. The van der Waals surface area contributed by atoms with Crippen molar-refractivity contribution in [1.82, 2.24) is 9.13 Å². The monoisotopic (exact) mass is 990 g/mol. The predicted octanol–water partition coefficient (Wildman–Crippen LogP) is 20.1. The zero-order chi connectivity index (χ0) is 52.6. The van der Waals surface area contributed by atoms with Crippen molar-refractivity contribution in [3.63, 3.8) is 0 Å². The van der Waals surface area contributed by atoms with Gasteiger partial charge in [0.1, 0.15) is 0 Å². The average molecular weight is 991 g/mol. The Hall–Kier alpha value is -8.98. The average Bonchev–Trinajstić information content (AvgIpc) is 4.02. The molecule has 2 aliphatic carbocycles. The Kier molecular flexibility index (Phi) is 11.6. The van der Waals surface area contributed by atoms with E-state index in [4.69, 9.17) is 6.58 Å². The third kappa shape index (κ3) is 8.28. The van der Waals surface area contributed by atoms with Crippen molar-refractivity contribution in [3.8, 4) is 33.6 Å². The third-order valence-corrected chi connectivity index (χ3v) is 17.1. The maximum absolute atomic E-state index is 4.70. The van der Waals surface area contributed by atoms with Crippen LogP contribution in [-0.4, -0.2) is 9.13 Å². The molecule has 2 heteroatoms. The fraction of sp³-hybridized carbons (Fsp3) is 0.120. The Morgan fingerprint density at radius 1 is 0.390 bits per heavy atom. The summed E-state index contributed by atoms with van der Waals surface area (Å²) in [6.07, 6.45) is 14.7. The summed E-state index contributed by atoms with van der Waals surface area (Å²) in [5, 5.41) is 5.02. The summed E-state index contributed by atoms with van der Waals surface area (Å²) in [5.41, 5.74) is 23.5. The number of allylic oxidation sites excluding steroid dienone is 10. The van der Waals surface area contributed by atoms with Crippen LogP contribution < -0.4 is 0 Å². The lowest BCUT2D eigenvalue weighted by molar-refractivity contribution is 0.409. The van der Waals surface area contributed by atoms with Gasteiger partial charge in [0.2, 0.25) is 0 Å². The highest BCUT2D eigenvalue weighted by molar-refractivity contribution is 6.11. The predicted molar refractivity (Wildman–Crippen MR) is 331 cm³/mol. The molecule has 13 rings (SSSR count). The minimum Gasteiger partial charge on any atom is -0.309 e. The summed E-state index contributed by atoms with van der Waals surface area (Å²) in [6, 6.07) is 75.9. The van der Waals surface area contributed by atoms with Gasteiger partial charge >= 0.3 is 0 Å². The molecule has 9 aromatic carbocycles. The van der Waals surface area contributed by atoms with Gasteiger partial charge in [-0.15, -0.1) is 0 Å². The highest BCUT2D eigenvalue weighted by Crippen LogP contribution is 2.45. The Bertz CT molecular complexity index is 4310. The van der Waals surface area contributed by atoms with Crippen LogP contribution >= 0.6 is 0 Å². The molecule has 0 saturated carbocycles. The molecule has 2 heterocycles. The number of para-hydroxylation sites is 4. The minimum absolute atomic E-state index is 0.172. The van der Waals surface area contributed by atoms with E-state index in [0.29, 0.717) is 0 Å². The maximum atomic E-state index is 4.70. The second-order valence-corrected chi connectivity index (χ2v) is 22.5. The Morgan fingerprint density at radius 2 is 0.818 bits per heavy atom. The molecule has 11 aromatic rings. The van der Waals surface area contributed by atoms with E-state index in [2.05, 4.69) is 293 Å². The normalized spacial score (nSPS) is 18.4. The summed E-state index contributed by atoms with van der Waals surface area (Å²) >= 11 is 0. The summed E-state index contributed by atoms with van der Waals surface area (Å²) in [7, 11) is 0. The Labute approximate surface area is 453 Å². The van der Waals surface area contributed by atoms with Gasteiger partial charge in [-0.05, 0) is 174 Å². The van der Waals surface area contributed by atoms with Crippen LogP contribution in [-0.2, 0) is 10.8 Å². The van der Waals surface area contributed by atoms with Gasteiger partial charge in [0.05, 0.1) is 22.1 Å². The molecule has 0 aliphatic heterocycles. The van der Waals surface area contributed by atoms with Crippen molar-refractivity contribution < 1.29 is 0 Å². The van der Waals surface area contributed by atoms with Gasteiger partial charge in [0.25, 0.3) is 0 Å². The first-order chi connectivity index (χ1) is 37.4. The molecule has 2 aromatic heterocycles. The SMILES string of the molecule is C=C1/C=C\C(c2ccc(-c3ccc4c(c3)c3ccccc3n4-c3ccccc3)cc2)=C/CC(C)(C)c2cc(-c3ccc4c(c3)C(C)(C)C(C)/C=C(c3ccc5c(c3)c3ccccc3n5-c3ccccc3)\C=C/C4=C)ccc21. The van der Waals surface area contributed by atoms with Gasteiger partial charge in [0.15, 0.2) is 0 Å². The zero-order valence-electron chi connectivity index (χ0n) is 44.7. The maximum Gasteiger partial charge on any atom is 0.0541 e. The van der Waals surface area contributed by atoms with Crippen molar-refractivity contribution >= 4 is 65.9 Å². The van der Waals surface area contributed by atoms with Crippen LogP contribution in [0.4, 0.5) is 0 Å². The number of hydrogen-bond donors (Lipinski definition) is 0. The standard InChI is InChI=1S/C75H62N2/c1-49-26-28-54(52-30-32-53(33-31-52)56-36-40-72-66(45-56)64-22-14-16-24-70(64)76(72)60-18-10-8-11-19-60)42-43-74(4,5)68-47-58(34-38-62(49)68)59-35-39-63-50(2)27-29-55(44-51(3)75(6,7)69(63)48-59)57-37-41-73-67(46-57)65-23-15-17-25-71(65)77(73)61-20-12-9-13-21-61/h8-42,44-48,51H,1-2,43H2,3-7H3/b28-26-,29-27-,54-42+,55-44+. The largest absolute Gasteiger partial charge is 0.309 e. The van der Waals surface area contributed by atoms with Crippen LogP contribution in [0.3, 0.4) is 0 Å². The highest BCUT2D eigenvalue weighted by Gasteiger charge is 2.32. The molecule has 0 amide bonds. The van der Waals surface area contributed by atoms with Crippen LogP contribution in [0, 0.1) is 5.92 Å². The van der Waals surface area contributed by atoms with Crippen molar-refractivity contribution in [3.05, 3.63) is 289 Å². The first-order valence-corrected chi connectivity index (χ1v) is 27.2. The zero-order valence-corrected chi connectivity index (χ0v) is 44.7. The first kappa shape index (κ1) is 47.7. The van der Waals surface area contributed by atoms with E-state index in [0.717, 1.165) is 17.6 Å². The Balaban J connectivity index is 0.789. The number of benzene rings is 9. The van der Waals surface area contributed by atoms with Crippen molar-refractivity contribution in [2.24, 2.45) is 5.92 Å². The second kappa shape index (κ2) is 18.7. The van der Waals surface area contributed by atoms with E-state index >= 15 is 0 Å². The van der Waals surface area contributed by atoms with E-state index in [-0.39, 0.29) is 16.7 Å². The van der Waals surface area contributed by atoms with E-state index < -0.39 is 0 Å². The molecule has 1 unspecified atom stereocenters.